The van der Waals surface area contributed by atoms with Crippen molar-refractivity contribution >= 4 is 23.5 Å². The molecule has 1 heterocycles. The van der Waals surface area contributed by atoms with E-state index in [-0.39, 0.29) is 5.78 Å². The monoisotopic (exact) mass is 338 g/mol. The first kappa shape index (κ1) is 16.0. The summed E-state index contributed by atoms with van der Waals surface area (Å²) in [5, 5.41) is 7.82. The molecule has 4 nitrogen and oxygen atoms in total. The molecule has 0 saturated carbocycles. The largest absolute Gasteiger partial charge is 0.497 e. The third-order valence-electron chi connectivity index (χ3n) is 3.53. The molecule has 0 aliphatic heterocycles. The summed E-state index contributed by atoms with van der Waals surface area (Å²) in [5.41, 5.74) is 3.10. The molecule has 120 valence electrons. The molecule has 5 heteroatoms. The highest BCUT2D eigenvalue weighted by Crippen LogP contribution is 2.20. The van der Waals surface area contributed by atoms with Crippen LogP contribution < -0.4 is 4.74 Å². The van der Waals surface area contributed by atoms with Crippen LogP contribution in [0.25, 0.3) is 17.3 Å². The second-order valence-corrected chi connectivity index (χ2v) is 5.58. The van der Waals surface area contributed by atoms with Crippen LogP contribution in [0.15, 0.2) is 60.7 Å². The van der Waals surface area contributed by atoms with E-state index in [9.17, 15) is 4.79 Å². The fraction of sp³-hybridized carbons (Fsp3) is 0.0526. The standard InChI is InChI=1S/C19H15ClN2O2/c1-24-17-9-4-14(5-10-17)19(23)11-8-16-12-18(22-21-16)13-2-6-15(20)7-3-13/h2-12H,1H3,(H,21,22)/b11-8+. The molecule has 1 N–H and O–H groups in total. The zero-order valence-electron chi connectivity index (χ0n) is 13.0. The first-order chi connectivity index (χ1) is 11.7. The number of carbonyl (C=O) groups is 1. The topological polar surface area (TPSA) is 55.0 Å². The van der Waals surface area contributed by atoms with Gasteiger partial charge in [-0.2, -0.15) is 5.10 Å². The van der Waals surface area contributed by atoms with Crippen LogP contribution in [0.1, 0.15) is 16.1 Å². The van der Waals surface area contributed by atoms with E-state index >= 15 is 0 Å². The van der Waals surface area contributed by atoms with Crippen molar-refractivity contribution in [3.8, 4) is 17.0 Å². The summed E-state index contributed by atoms with van der Waals surface area (Å²) < 4.78 is 5.08. The number of ketones is 1. The number of hydrogen-bond acceptors (Lipinski definition) is 3. The molecule has 0 saturated heterocycles. The Morgan fingerprint density at radius 3 is 2.50 bits per heavy atom. The second-order valence-electron chi connectivity index (χ2n) is 5.14. The van der Waals surface area contributed by atoms with E-state index in [2.05, 4.69) is 10.2 Å². The molecule has 2 aromatic carbocycles. The van der Waals surface area contributed by atoms with Crippen molar-refractivity contribution in [3.63, 3.8) is 0 Å². The number of aromatic nitrogens is 2. The van der Waals surface area contributed by atoms with Crippen molar-refractivity contribution in [1.82, 2.24) is 10.2 Å². The first-order valence-electron chi connectivity index (χ1n) is 7.33. The van der Waals surface area contributed by atoms with E-state index < -0.39 is 0 Å². The number of halogens is 1. The Labute approximate surface area is 144 Å². The van der Waals surface area contributed by atoms with E-state index in [0.29, 0.717) is 10.6 Å². The van der Waals surface area contributed by atoms with Crippen molar-refractivity contribution in [2.75, 3.05) is 7.11 Å². The lowest BCUT2D eigenvalue weighted by molar-refractivity contribution is 0.104. The molecule has 0 bridgehead atoms. The number of aromatic amines is 1. The summed E-state index contributed by atoms with van der Waals surface area (Å²) in [4.78, 5) is 12.2. The van der Waals surface area contributed by atoms with Gasteiger partial charge >= 0.3 is 0 Å². The van der Waals surface area contributed by atoms with Gasteiger partial charge in [0.15, 0.2) is 5.78 Å². The van der Waals surface area contributed by atoms with Crippen LogP contribution >= 0.6 is 11.6 Å². The van der Waals surface area contributed by atoms with Gasteiger partial charge in [-0.05, 0) is 54.6 Å². The van der Waals surface area contributed by atoms with E-state index in [4.69, 9.17) is 16.3 Å². The molecule has 0 aliphatic rings. The maximum absolute atomic E-state index is 12.2. The van der Waals surface area contributed by atoms with Crippen LogP contribution in [0.5, 0.6) is 5.75 Å². The number of benzene rings is 2. The Balaban J connectivity index is 1.72. The lowest BCUT2D eigenvalue weighted by Gasteiger charge is -1.99. The normalized spacial score (nSPS) is 10.9. The Hall–Kier alpha value is -2.85. The summed E-state index contributed by atoms with van der Waals surface area (Å²) in [6.07, 6.45) is 3.22. The van der Waals surface area contributed by atoms with E-state index in [1.165, 1.54) is 6.08 Å². The minimum Gasteiger partial charge on any atom is -0.497 e. The minimum atomic E-state index is -0.0831. The number of nitrogens with zero attached hydrogens (tertiary/aromatic N) is 1. The molecule has 0 atom stereocenters. The van der Waals surface area contributed by atoms with Gasteiger partial charge in [0.1, 0.15) is 5.75 Å². The number of ether oxygens (including phenoxy) is 1. The van der Waals surface area contributed by atoms with Gasteiger partial charge in [-0.1, -0.05) is 23.7 Å². The average Bonchev–Trinajstić information content (AvgIpc) is 3.09. The average molecular weight is 339 g/mol. The fourth-order valence-electron chi connectivity index (χ4n) is 2.21. The van der Waals surface area contributed by atoms with Crippen molar-refractivity contribution in [3.05, 3.63) is 77.0 Å². The summed E-state index contributed by atoms with van der Waals surface area (Å²) in [5.74, 6) is 0.636. The Morgan fingerprint density at radius 2 is 1.83 bits per heavy atom. The molecular formula is C19H15ClN2O2. The summed E-state index contributed by atoms with van der Waals surface area (Å²) in [7, 11) is 1.59. The number of H-pyrrole nitrogens is 1. The highest BCUT2D eigenvalue weighted by atomic mass is 35.5. The number of methoxy groups -OCH3 is 1. The smallest absolute Gasteiger partial charge is 0.185 e. The predicted molar refractivity (Wildman–Crippen MR) is 95.4 cm³/mol. The van der Waals surface area contributed by atoms with Crippen LogP contribution in [0.4, 0.5) is 0 Å². The third kappa shape index (κ3) is 3.73. The van der Waals surface area contributed by atoms with Gasteiger partial charge in [-0.25, -0.2) is 0 Å². The first-order valence-corrected chi connectivity index (χ1v) is 7.71. The zero-order valence-corrected chi connectivity index (χ0v) is 13.7. The molecule has 0 fully saturated rings. The molecule has 0 unspecified atom stereocenters. The zero-order chi connectivity index (χ0) is 16.9. The number of allylic oxidation sites excluding steroid dienone is 1. The molecule has 3 aromatic rings. The Morgan fingerprint density at radius 1 is 1.12 bits per heavy atom. The van der Waals surface area contributed by atoms with Gasteiger partial charge in [0.2, 0.25) is 0 Å². The van der Waals surface area contributed by atoms with Crippen LogP contribution in [0.2, 0.25) is 5.02 Å². The van der Waals surface area contributed by atoms with E-state index in [1.54, 1.807) is 37.5 Å². The molecular weight excluding hydrogens is 324 g/mol. The lowest BCUT2D eigenvalue weighted by Crippen LogP contribution is -1.94. The van der Waals surface area contributed by atoms with Gasteiger partial charge in [-0.3, -0.25) is 9.89 Å². The van der Waals surface area contributed by atoms with Crippen LogP contribution in [-0.4, -0.2) is 23.1 Å². The number of hydrogen-bond donors (Lipinski definition) is 1. The maximum atomic E-state index is 12.2. The SMILES string of the molecule is COc1ccc(C(=O)/C=C/c2cc(-c3ccc(Cl)cc3)n[nH]2)cc1. The highest BCUT2D eigenvalue weighted by Gasteiger charge is 2.04. The predicted octanol–water partition coefficient (Wildman–Crippen LogP) is 4.63. The number of nitrogens with one attached hydrogen (secondary N) is 1. The fourth-order valence-corrected chi connectivity index (χ4v) is 2.33. The van der Waals surface area contributed by atoms with Crippen LogP contribution in [0.3, 0.4) is 0 Å². The van der Waals surface area contributed by atoms with E-state index in [0.717, 1.165) is 22.7 Å². The van der Waals surface area contributed by atoms with Gasteiger partial charge < -0.3 is 4.74 Å². The van der Waals surface area contributed by atoms with Gasteiger partial charge in [0, 0.05) is 16.1 Å². The molecule has 0 spiro atoms. The van der Waals surface area contributed by atoms with E-state index in [1.807, 2.05) is 30.3 Å². The molecule has 1 aromatic heterocycles. The summed E-state index contributed by atoms with van der Waals surface area (Å²) in [6.45, 7) is 0. The Kier molecular flexibility index (Phi) is 4.77. The Bertz CT molecular complexity index is 865. The second kappa shape index (κ2) is 7.15. The van der Waals surface area contributed by atoms with Gasteiger partial charge in [0.25, 0.3) is 0 Å². The van der Waals surface area contributed by atoms with Crippen molar-refractivity contribution < 1.29 is 9.53 Å². The molecule has 0 aliphatic carbocycles. The van der Waals surface area contributed by atoms with Crippen LogP contribution in [-0.2, 0) is 0 Å². The van der Waals surface area contributed by atoms with Crippen molar-refractivity contribution in [2.45, 2.75) is 0 Å². The van der Waals surface area contributed by atoms with Crippen LogP contribution in [0, 0.1) is 0 Å². The van der Waals surface area contributed by atoms with Gasteiger partial charge in [-0.15, -0.1) is 0 Å². The summed E-state index contributed by atoms with van der Waals surface area (Å²) >= 11 is 5.88. The van der Waals surface area contributed by atoms with Crippen molar-refractivity contribution in [1.29, 1.82) is 0 Å². The maximum Gasteiger partial charge on any atom is 0.185 e. The minimum absolute atomic E-state index is 0.0831. The van der Waals surface area contributed by atoms with Gasteiger partial charge in [0.05, 0.1) is 18.5 Å². The summed E-state index contributed by atoms with van der Waals surface area (Å²) in [6, 6.07) is 16.3. The third-order valence-corrected chi connectivity index (χ3v) is 3.78. The van der Waals surface area contributed by atoms with Crippen molar-refractivity contribution in [2.24, 2.45) is 0 Å². The molecule has 0 radical (unpaired) electrons. The number of carbonyl (C=O) groups excluding carboxylic acids is 1. The quantitative estimate of drug-likeness (QED) is 0.545. The number of rotatable bonds is 5. The lowest BCUT2D eigenvalue weighted by atomic mass is 10.1. The molecule has 0 amide bonds. The molecule has 24 heavy (non-hydrogen) atoms. The molecule has 3 rings (SSSR count). The highest BCUT2D eigenvalue weighted by molar-refractivity contribution is 6.30.